The quantitative estimate of drug-likeness (QED) is 0.770. The Hall–Kier alpha value is -2.22. The summed E-state index contributed by atoms with van der Waals surface area (Å²) in [7, 11) is 0. The number of rotatable bonds is 3. The molecule has 1 spiro atoms. The molecule has 136 valence electrons. The molecule has 1 aromatic carbocycles. The Kier molecular flexibility index (Phi) is 4.30. The fourth-order valence-corrected chi connectivity index (χ4v) is 4.29. The second kappa shape index (κ2) is 6.50. The van der Waals surface area contributed by atoms with Crippen LogP contribution in [0.25, 0.3) is 11.5 Å². The molecule has 1 N–H and O–H groups in total. The van der Waals surface area contributed by atoms with Gasteiger partial charge in [0.1, 0.15) is 12.1 Å². The molecular weight excluding hydrogens is 400 g/mol. The lowest BCUT2D eigenvalue weighted by Crippen LogP contribution is -2.53. The summed E-state index contributed by atoms with van der Waals surface area (Å²) >= 11 is 3.45. The third kappa shape index (κ3) is 2.72. The number of carbonyl (C=O) groups is 2. The summed E-state index contributed by atoms with van der Waals surface area (Å²) in [6.07, 6.45) is 3.65. The van der Waals surface area contributed by atoms with Gasteiger partial charge in [-0.15, -0.1) is 10.2 Å². The van der Waals surface area contributed by atoms with E-state index in [0.29, 0.717) is 12.3 Å². The Morgan fingerprint density at radius 2 is 2.12 bits per heavy atom. The first kappa shape index (κ1) is 17.2. The average Bonchev–Trinajstić information content (AvgIpc) is 3.18. The minimum absolute atomic E-state index is 0.0173. The number of amides is 3. The molecule has 2 aliphatic rings. The molecule has 1 saturated heterocycles. The third-order valence-electron chi connectivity index (χ3n) is 5.37. The number of carbonyl (C=O) groups excluding carboxylic acids is 2. The molecule has 1 aliphatic heterocycles. The highest BCUT2D eigenvalue weighted by molar-refractivity contribution is 9.10. The molecule has 8 heteroatoms. The summed E-state index contributed by atoms with van der Waals surface area (Å²) in [4.78, 5) is 26.6. The van der Waals surface area contributed by atoms with Crippen LogP contribution in [0.15, 0.2) is 33.2 Å². The van der Waals surface area contributed by atoms with Gasteiger partial charge in [0, 0.05) is 4.47 Å². The van der Waals surface area contributed by atoms with Crippen molar-refractivity contribution in [1.82, 2.24) is 20.4 Å². The molecule has 3 amide bonds. The van der Waals surface area contributed by atoms with Gasteiger partial charge in [0.15, 0.2) is 0 Å². The molecule has 2 atom stereocenters. The standard InChI is InChI=1S/C18H19BrN4O3/c1-11-6-4-5-9-18(11)16(24)23(17(25)20-18)10-14-21-22-15(26-14)12-7-2-3-8-13(12)19/h2-3,7-8,11H,4-6,9-10H2,1H3,(H,20,25)/t11-,18+/m0/s1. The summed E-state index contributed by atoms with van der Waals surface area (Å²) in [5, 5.41) is 11.0. The summed E-state index contributed by atoms with van der Waals surface area (Å²) < 4.78 is 6.52. The monoisotopic (exact) mass is 418 g/mol. The van der Waals surface area contributed by atoms with Crippen LogP contribution in [-0.4, -0.2) is 32.6 Å². The minimum atomic E-state index is -0.777. The van der Waals surface area contributed by atoms with Crippen molar-refractivity contribution in [2.24, 2.45) is 5.92 Å². The van der Waals surface area contributed by atoms with Crippen LogP contribution in [0.4, 0.5) is 4.79 Å². The molecule has 26 heavy (non-hydrogen) atoms. The number of aromatic nitrogens is 2. The van der Waals surface area contributed by atoms with Gasteiger partial charge < -0.3 is 9.73 Å². The second-order valence-corrected chi connectivity index (χ2v) is 7.77. The Bertz CT molecular complexity index is 868. The van der Waals surface area contributed by atoms with E-state index in [-0.39, 0.29) is 30.3 Å². The van der Waals surface area contributed by atoms with Gasteiger partial charge in [0.2, 0.25) is 11.8 Å². The second-order valence-electron chi connectivity index (χ2n) is 6.92. The van der Waals surface area contributed by atoms with Gasteiger partial charge in [0.05, 0.1) is 5.56 Å². The van der Waals surface area contributed by atoms with Crippen LogP contribution >= 0.6 is 15.9 Å². The van der Waals surface area contributed by atoms with Crippen molar-refractivity contribution in [2.75, 3.05) is 0 Å². The number of nitrogens with zero attached hydrogens (tertiary/aromatic N) is 3. The Morgan fingerprint density at radius 1 is 1.31 bits per heavy atom. The molecule has 2 heterocycles. The maximum atomic E-state index is 13.0. The molecule has 0 radical (unpaired) electrons. The zero-order valence-electron chi connectivity index (χ0n) is 14.4. The smallest absolute Gasteiger partial charge is 0.325 e. The Morgan fingerprint density at radius 3 is 2.88 bits per heavy atom. The van der Waals surface area contributed by atoms with Gasteiger partial charge in [-0.3, -0.25) is 9.69 Å². The van der Waals surface area contributed by atoms with Gasteiger partial charge >= 0.3 is 6.03 Å². The van der Waals surface area contributed by atoms with Crippen molar-refractivity contribution in [3.05, 3.63) is 34.6 Å². The first-order valence-corrected chi connectivity index (χ1v) is 9.52. The molecule has 1 aliphatic carbocycles. The van der Waals surface area contributed by atoms with Gasteiger partial charge in [-0.1, -0.05) is 31.9 Å². The highest BCUT2D eigenvalue weighted by atomic mass is 79.9. The molecule has 1 saturated carbocycles. The highest BCUT2D eigenvalue weighted by Crippen LogP contribution is 2.38. The van der Waals surface area contributed by atoms with Crippen molar-refractivity contribution in [3.63, 3.8) is 0 Å². The van der Waals surface area contributed by atoms with Gasteiger partial charge in [-0.2, -0.15) is 0 Å². The Balaban J connectivity index is 1.56. The fourth-order valence-electron chi connectivity index (χ4n) is 3.84. The van der Waals surface area contributed by atoms with E-state index in [1.165, 1.54) is 4.90 Å². The third-order valence-corrected chi connectivity index (χ3v) is 6.06. The largest absolute Gasteiger partial charge is 0.419 e. The summed E-state index contributed by atoms with van der Waals surface area (Å²) in [5.41, 5.74) is -0.0125. The van der Waals surface area contributed by atoms with Gasteiger partial charge in [-0.05, 0) is 46.8 Å². The predicted octanol–water partition coefficient (Wildman–Crippen LogP) is 3.50. The summed E-state index contributed by atoms with van der Waals surface area (Å²) in [6, 6.07) is 7.11. The number of imide groups is 1. The van der Waals surface area contributed by atoms with Crippen LogP contribution < -0.4 is 5.32 Å². The van der Waals surface area contributed by atoms with E-state index in [9.17, 15) is 9.59 Å². The van der Waals surface area contributed by atoms with Crippen LogP contribution in [0.2, 0.25) is 0 Å². The first-order chi connectivity index (χ1) is 12.5. The number of hydrogen-bond acceptors (Lipinski definition) is 5. The topological polar surface area (TPSA) is 88.3 Å². The maximum absolute atomic E-state index is 13.0. The van der Waals surface area contributed by atoms with Crippen molar-refractivity contribution in [1.29, 1.82) is 0 Å². The van der Waals surface area contributed by atoms with Crippen molar-refractivity contribution < 1.29 is 14.0 Å². The van der Waals surface area contributed by atoms with Gasteiger partial charge in [0.25, 0.3) is 5.91 Å². The normalized spacial score (nSPS) is 25.8. The van der Waals surface area contributed by atoms with Crippen molar-refractivity contribution in [3.8, 4) is 11.5 Å². The molecule has 0 unspecified atom stereocenters. The number of urea groups is 1. The molecule has 2 aromatic rings. The zero-order chi connectivity index (χ0) is 18.3. The SMILES string of the molecule is C[C@H]1CCCC[C@@]12NC(=O)N(Cc1nnc(-c3ccccc3Br)o1)C2=O. The van der Waals surface area contributed by atoms with Crippen LogP contribution in [0.1, 0.15) is 38.5 Å². The molecule has 1 aromatic heterocycles. The number of halogens is 1. The first-order valence-electron chi connectivity index (χ1n) is 8.72. The number of hydrogen-bond donors (Lipinski definition) is 1. The summed E-state index contributed by atoms with van der Waals surface area (Å²) in [6.45, 7) is 2.01. The Labute approximate surface area is 159 Å². The van der Waals surface area contributed by atoms with Gasteiger partial charge in [-0.25, -0.2) is 4.79 Å². The number of benzene rings is 1. The molecule has 7 nitrogen and oxygen atoms in total. The molecule has 4 rings (SSSR count). The summed E-state index contributed by atoms with van der Waals surface area (Å²) in [5.74, 6) is 0.520. The predicted molar refractivity (Wildman–Crippen MR) is 96.9 cm³/mol. The van der Waals surface area contributed by atoms with E-state index in [1.54, 1.807) is 0 Å². The van der Waals surface area contributed by atoms with Crippen LogP contribution in [0.3, 0.4) is 0 Å². The van der Waals surface area contributed by atoms with Crippen LogP contribution in [0, 0.1) is 5.92 Å². The van der Waals surface area contributed by atoms with E-state index >= 15 is 0 Å². The lowest BCUT2D eigenvalue weighted by Gasteiger charge is -2.36. The van der Waals surface area contributed by atoms with E-state index in [1.807, 2.05) is 31.2 Å². The van der Waals surface area contributed by atoms with Crippen LogP contribution in [0.5, 0.6) is 0 Å². The lowest BCUT2D eigenvalue weighted by molar-refractivity contribution is -0.134. The van der Waals surface area contributed by atoms with E-state index < -0.39 is 5.54 Å². The van der Waals surface area contributed by atoms with Crippen LogP contribution in [-0.2, 0) is 11.3 Å². The molecule has 2 fully saturated rings. The molecule has 0 bridgehead atoms. The lowest BCUT2D eigenvalue weighted by atomic mass is 9.73. The van der Waals surface area contributed by atoms with Crippen molar-refractivity contribution in [2.45, 2.75) is 44.7 Å². The highest BCUT2D eigenvalue weighted by Gasteiger charge is 2.55. The number of nitrogens with one attached hydrogen (secondary N) is 1. The maximum Gasteiger partial charge on any atom is 0.325 e. The zero-order valence-corrected chi connectivity index (χ0v) is 16.0. The van der Waals surface area contributed by atoms with E-state index in [4.69, 9.17) is 4.42 Å². The average molecular weight is 419 g/mol. The molecular formula is C18H19BrN4O3. The fraction of sp³-hybridized carbons (Fsp3) is 0.444. The van der Waals surface area contributed by atoms with E-state index in [0.717, 1.165) is 29.3 Å². The minimum Gasteiger partial charge on any atom is -0.419 e. The van der Waals surface area contributed by atoms with E-state index in [2.05, 4.69) is 31.4 Å². The van der Waals surface area contributed by atoms with Crippen molar-refractivity contribution >= 4 is 27.9 Å².